The molecule has 0 aromatic rings. The molecular weight excluding hydrogens is 426 g/mol. The van der Waals surface area contributed by atoms with Gasteiger partial charge in [0.25, 0.3) is 0 Å². The molecule has 0 atom stereocenters. The number of carbonyl (C=O) groups is 1. The van der Waals surface area contributed by atoms with Crippen LogP contribution in [0.3, 0.4) is 0 Å². The monoisotopic (exact) mass is 438 g/mol. The molecule has 0 saturated heterocycles. The van der Waals surface area contributed by atoms with Gasteiger partial charge in [0.2, 0.25) is 0 Å². The number of carbonyl (C=O) groups excluding carboxylic acids is 1. The van der Waals surface area contributed by atoms with Crippen LogP contribution in [0.15, 0.2) is 0 Å². The van der Waals surface area contributed by atoms with Gasteiger partial charge >= 0.3 is 33.2 Å². The van der Waals surface area contributed by atoms with Crippen LogP contribution in [0, 0.1) is 0 Å². The highest BCUT2D eigenvalue weighted by molar-refractivity contribution is 9.09. The van der Waals surface area contributed by atoms with Crippen LogP contribution in [0.25, 0.3) is 0 Å². The molecule has 0 aromatic carbocycles. The molecule has 0 aliphatic carbocycles. The van der Waals surface area contributed by atoms with E-state index >= 15 is 0 Å². The van der Waals surface area contributed by atoms with Gasteiger partial charge < -0.3 is 4.74 Å². The van der Waals surface area contributed by atoms with Crippen LogP contribution in [-0.2, 0) is 19.6 Å². The topological polar surface area (TPSA) is 80.7 Å². The molecule has 0 aliphatic rings. The Morgan fingerprint density at radius 1 is 0.957 bits per heavy atom. The predicted octanol–water partition coefficient (Wildman–Crippen LogP) is 3.24. The summed E-state index contributed by atoms with van der Waals surface area (Å²) in [5.41, 5.74) is 0. The molecule has 0 spiro atoms. The summed E-state index contributed by atoms with van der Waals surface area (Å²) in [6.07, 6.45) is -11.7. The molecule has 138 valence electrons. The van der Waals surface area contributed by atoms with Crippen molar-refractivity contribution in [1.29, 1.82) is 0 Å². The third-order valence-electron chi connectivity index (χ3n) is 2.73. The highest BCUT2D eigenvalue weighted by Gasteiger charge is 2.84. The van der Waals surface area contributed by atoms with Crippen LogP contribution in [-0.4, -0.2) is 48.0 Å². The summed E-state index contributed by atoms with van der Waals surface area (Å²) in [7, 11) is -6.92. The van der Waals surface area contributed by atoms with Crippen LogP contribution in [0.4, 0.5) is 26.3 Å². The average molecular weight is 439 g/mol. The van der Waals surface area contributed by atoms with Crippen LogP contribution in [0.5, 0.6) is 0 Å². The SMILES string of the molecule is O=C(OCCCCCCBr)C(C(F)(F)F)(C(F)(F)F)S(=O)(=O)O. The second-order valence-electron chi connectivity index (χ2n) is 4.39. The highest BCUT2D eigenvalue weighted by Crippen LogP contribution is 2.49. The van der Waals surface area contributed by atoms with E-state index in [0.29, 0.717) is 24.6 Å². The number of ether oxygens (including phenoxy) is 1. The van der Waals surface area contributed by atoms with E-state index in [1.165, 1.54) is 0 Å². The Morgan fingerprint density at radius 3 is 1.74 bits per heavy atom. The summed E-state index contributed by atoms with van der Waals surface area (Å²) in [4.78, 5) is 11.3. The maximum Gasteiger partial charge on any atom is 0.430 e. The number of esters is 1. The molecule has 0 saturated carbocycles. The van der Waals surface area contributed by atoms with Gasteiger partial charge in [0.05, 0.1) is 6.61 Å². The van der Waals surface area contributed by atoms with E-state index in [2.05, 4.69) is 20.7 Å². The maximum absolute atomic E-state index is 12.7. The minimum Gasteiger partial charge on any atom is -0.464 e. The summed E-state index contributed by atoms with van der Waals surface area (Å²) < 4.78 is 104. The number of rotatable bonds is 8. The van der Waals surface area contributed by atoms with Gasteiger partial charge in [0.15, 0.2) is 0 Å². The number of halogens is 7. The summed E-state index contributed by atoms with van der Waals surface area (Å²) in [6, 6.07) is 0. The van der Waals surface area contributed by atoms with Gasteiger partial charge in [-0.05, 0) is 12.8 Å². The minimum absolute atomic E-state index is 0.0595. The second-order valence-corrected chi connectivity index (χ2v) is 6.75. The first kappa shape index (κ1) is 22.4. The zero-order valence-electron chi connectivity index (χ0n) is 11.4. The van der Waals surface area contributed by atoms with Gasteiger partial charge in [-0.2, -0.15) is 34.8 Å². The van der Waals surface area contributed by atoms with Crippen molar-refractivity contribution in [3.8, 4) is 0 Å². The molecule has 5 nitrogen and oxygen atoms in total. The zero-order chi connectivity index (χ0) is 18.5. The molecule has 0 heterocycles. The van der Waals surface area contributed by atoms with Crippen molar-refractivity contribution in [2.75, 3.05) is 11.9 Å². The highest BCUT2D eigenvalue weighted by atomic mass is 79.9. The Labute approximate surface area is 136 Å². The summed E-state index contributed by atoms with van der Waals surface area (Å²) in [6.45, 7) is -0.843. The van der Waals surface area contributed by atoms with Crippen molar-refractivity contribution in [1.82, 2.24) is 0 Å². The van der Waals surface area contributed by atoms with Crippen molar-refractivity contribution in [2.45, 2.75) is 42.8 Å². The normalized spacial score (nSPS) is 13.9. The van der Waals surface area contributed by atoms with E-state index in [1.807, 2.05) is 0 Å². The molecule has 0 aromatic heterocycles. The van der Waals surface area contributed by atoms with E-state index in [9.17, 15) is 39.6 Å². The van der Waals surface area contributed by atoms with Crippen LogP contribution in [0.1, 0.15) is 25.7 Å². The molecule has 0 rings (SSSR count). The molecule has 0 aliphatic heterocycles. The van der Waals surface area contributed by atoms with Crippen LogP contribution in [0.2, 0.25) is 0 Å². The number of alkyl halides is 7. The molecule has 0 unspecified atom stereocenters. The second kappa shape index (κ2) is 8.01. The summed E-state index contributed by atoms with van der Waals surface area (Å²) in [5, 5.41) is 0.640. The van der Waals surface area contributed by atoms with E-state index in [-0.39, 0.29) is 6.42 Å². The number of hydrogen-bond acceptors (Lipinski definition) is 4. The number of unbranched alkanes of at least 4 members (excludes halogenated alkanes) is 3. The molecule has 0 radical (unpaired) electrons. The van der Waals surface area contributed by atoms with Gasteiger partial charge in [-0.3, -0.25) is 4.55 Å². The first-order chi connectivity index (χ1) is 10.2. The van der Waals surface area contributed by atoms with Crippen LogP contribution < -0.4 is 0 Å². The van der Waals surface area contributed by atoms with E-state index < -0.39 is 39.8 Å². The fraction of sp³-hybridized carbons (Fsp3) is 0.900. The van der Waals surface area contributed by atoms with E-state index in [1.54, 1.807) is 0 Å². The maximum atomic E-state index is 12.7. The molecule has 13 heteroatoms. The van der Waals surface area contributed by atoms with Crippen LogP contribution >= 0.6 is 15.9 Å². The summed E-state index contributed by atoms with van der Waals surface area (Å²) >= 11 is 3.10. The Kier molecular flexibility index (Phi) is 7.82. The standard InChI is InChI=1S/C10H13BrF6O5S/c11-5-3-1-2-4-6-22-7(18)8(9(12,13)14,10(15,16)17)23(19,20)21/h1-6H2,(H,19,20,21). The fourth-order valence-electron chi connectivity index (χ4n) is 1.61. The Bertz CT molecular complexity index is 487. The van der Waals surface area contributed by atoms with E-state index in [4.69, 9.17) is 4.55 Å². The van der Waals surface area contributed by atoms with Crippen molar-refractivity contribution in [3.63, 3.8) is 0 Å². The molecule has 0 amide bonds. The Morgan fingerprint density at radius 2 is 1.39 bits per heavy atom. The molecule has 0 bridgehead atoms. The lowest BCUT2D eigenvalue weighted by molar-refractivity contribution is -0.268. The van der Waals surface area contributed by atoms with Crippen molar-refractivity contribution >= 4 is 32.0 Å². The van der Waals surface area contributed by atoms with Gasteiger partial charge in [0, 0.05) is 5.33 Å². The Balaban J connectivity index is 5.37. The molecule has 0 fully saturated rings. The molecule has 1 N–H and O–H groups in total. The summed E-state index contributed by atoms with van der Waals surface area (Å²) in [5.74, 6) is -3.12. The first-order valence-corrected chi connectivity index (χ1v) is 8.63. The van der Waals surface area contributed by atoms with Gasteiger partial charge in [0.1, 0.15) is 0 Å². The van der Waals surface area contributed by atoms with Gasteiger partial charge in [-0.25, -0.2) is 4.79 Å². The van der Waals surface area contributed by atoms with Gasteiger partial charge in [-0.1, -0.05) is 28.8 Å². The predicted molar refractivity (Wildman–Crippen MR) is 69.6 cm³/mol. The molecular formula is C10H13BrF6O5S. The smallest absolute Gasteiger partial charge is 0.430 e. The lowest BCUT2D eigenvalue weighted by Crippen LogP contribution is -2.67. The fourth-order valence-corrected chi connectivity index (χ4v) is 2.86. The number of hydrogen-bond donors (Lipinski definition) is 1. The van der Waals surface area contributed by atoms with Gasteiger partial charge in [-0.15, -0.1) is 0 Å². The minimum atomic E-state index is -6.92. The largest absolute Gasteiger partial charge is 0.464 e. The Hall–Kier alpha value is -0.560. The zero-order valence-corrected chi connectivity index (χ0v) is 13.8. The lowest BCUT2D eigenvalue weighted by atomic mass is 10.1. The third-order valence-corrected chi connectivity index (χ3v) is 4.70. The molecule has 23 heavy (non-hydrogen) atoms. The quantitative estimate of drug-likeness (QED) is 0.207. The van der Waals surface area contributed by atoms with Crippen molar-refractivity contribution in [3.05, 3.63) is 0 Å². The first-order valence-electron chi connectivity index (χ1n) is 6.07. The van der Waals surface area contributed by atoms with E-state index in [0.717, 1.165) is 0 Å². The average Bonchev–Trinajstić information content (AvgIpc) is 2.28. The van der Waals surface area contributed by atoms with Crippen molar-refractivity contribution in [2.24, 2.45) is 0 Å². The van der Waals surface area contributed by atoms with Crippen molar-refractivity contribution < 1.29 is 48.8 Å². The lowest BCUT2D eigenvalue weighted by Gasteiger charge is -2.31. The third kappa shape index (κ3) is 4.95.